The van der Waals surface area contributed by atoms with Crippen molar-refractivity contribution >= 4 is 35.5 Å². The molecule has 1 aromatic rings. The second-order valence-corrected chi connectivity index (χ2v) is 12.3. The van der Waals surface area contributed by atoms with Crippen molar-refractivity contribution in [2.24, 2.45) is 0 Å². The van der Waals surface area contributed by atoms with Crippen LogP contribution in [0.2, 0.25) is 0 Å². The molecule has 0 saturated heterocycles. The van der Waals surface area contributed by atoms with Gasteiger partial charge >= 0.3 is 17.9 Å². The van der Waals surface area contributed by atoms with E-state index in [0.29, 0.717) is 18.6 Å². The highest BCUT2D eigenvalue weighted by atomic mass is 32.2. The number of Topliss-reactive ketones (excluding diaryl/α,β-unsaturated/α-hetero) is 1. The van der Waals surface area contributed by atoms with E-state index in [2.05, 4.69) is 13.0 Å². The third kappa shape index (κ3) is 20.3. The number of allylic oxidation sites excluding steroid dienone is 1. The standard InChI is InChI=1S/C35H54O8S/c1-6-8-10-11-12-13-15-19-29(22-27(3)36)42-35(39)24-30(18-9-7-2)43-33(37)23-28(4)41-34(38)25-31(40-5)26-44-32-20-16-14-17-21-32/h13-17,20-21,28-31H,6-12,18-19,22-26H2,1-5H3. The van der Waals surface area contributed by atoms with Crippen LogP contribution in [0.1, 0.15) is 111 Å². The van der Waals surface area contributed by atoms with Gasteiger partial charge in [-0.2, -0.15) is 0 Å². The molecule has 0 aromatic heterocycles. The summed E-state index contributed by atoms with van der Waals surface area (Å²) in [6.07, 6.45) is 10.1. The highest BCUT2D eigenvalue weighted by Gasteiger charge is 2.24. The molecule has 0 spiro atoms. The Hall–Kier alpha value is -2.65. The first kappa shape index (κ1) is 39.4. The van der Waals surface area contributed by atoms with Gasteiger partial charge in [0.2, 0.25) is 0 Å². The van der Waals surface area contributed by atoms with Crippen molar-refractivity contribution in [1.82, 2.24) is 0 Å². The minimum absolute atomic E-state index is 0.0524. The van der Waals surface area contributed by atoms with Crippen LogP contribution in [0, 0.1) is 0 Å². The van der Waals surface area contributed by atoms with Crippen molar-refractivity contribution in [3.8, 4) is 0 Å². The molecule has 0 aliphatic rings. The Morgan fingerprint density at radius 2 is 1.39 bits per heavy atom. The molecule has 0 saturated carbocycles. The van der Waals surface area contributed by atoms with Crippen LogP contribution < -0.4 is 0 Å². The van der Waals surface area contributed by atoms with Gasteiger partial charge in [0.1, 0.15) is 24.1 Å². The van der Waals surface area contributed by atoms with Crippen LogP contribution in [0.3, 0.4) is 0 Å². The lowest BCUT2D eigenvalue weighted by Gasteiger charge is -2.21. The van der Waals surface area contributed by atoms with E-state index in [1.807, 2.05) is 43.3 Å². The summed E-state index contributed by atoms with van der Waals surface area (Å²) < 4.78 is 22.2. The summed E-state index contributed by atoms with van der Waals surface area (Å²) in [5.74, 6) is -0.968. The lowest BCUT2D eigenvalue weighted by molar-refractivity contribution is -0.161. The van der Waals surface area contributed by atoms with E-state index < -0.39 is 36.2 Å². The second kappa shape index (κ2) is 24.6. The zero-order chi connectivity index (χ0) is 32.6. The van der Waals surface area contributed by atoms with Crippen molar-refractivity contribution in [3.05, 3.63) is 42.5 Å². The Labute approximate surface area is 269 Å². The summed E-state index contributed by atoms with van der Waals surface area (Å²) >= 11 is 1.59. The minimum atomic E-state index is -0.693. The Kier molecular flexibility index (Phi) is 22.1. The number of thioether (sulfide) groups is 1. The van der Waals surface area contributed by atoms with E-state index in [1.54, 1.807) is 25.8 Å². The molecule has 0 radical (unpaired) electrons. The monoisotopic (exact) mass is 634 g/mol. The van der Waals surface area contributed by atoms with Crippen molar-refractivity contribution in [1.29, 1.82) is 0 Å². The molecule has 9 heteroatoms. The maximum absolute atomic E-state index is 12.8. The Morgan fingerprint density at radius 3 is 2.05 bits per heavy atom. The summed E-state index contributed by atoms with van der Waals surface area (Å²) in [7, 11) is 1.56. The summed E-state index contributed by atoms with van der Waals surface area (Å²) in [4.78, 5) is 50.9. The molecular formula is C35H54O8S. The number of hydrogen-bond acceptors (Lipinski definition) is 9. The van der Waals surface area contributed by atoms with Gasteiger partial charge in [-0.15, -0.1) is 11.8 Å². The second-order valence-electron chi connectivity index (χ2n) is 11.2. The van der Waals surface area contributed by atoms with Gasteiger partial charge in [0.15, 0.2) is 0 Å². The van der Waals surface area contributed by atoms with Crippen molar-refractivity contribution in [3.63, 3.8) is 0 Å². The number of ketones is 1. The third-order valence-electron chi connectivity index (χ3n) is 6.87. The van der Waals surface area contributed by atoms with E-state index in [0.717, 1.165) is 30.6 Å². The summed E-state index contributed by atoms with van der Waals surface area (Å²) in [5.41, 5.74) is 0. The van der Waals surface area contributed by atoms with Crippen LogP contribution in [0.4, 0.5) is 0 Å². The summed E-state index contributed by atoms with van der Waals surface area (Å²) in [6, 6.07) is 9.85. The number of carbonyl (C=O) groups is 4. The number of esters is 3. The Morgan fingerprint density at radius 1 is 0.750 bits per heavy atom. The van der Waals surface area contributed by atoms with Crippen molar-refractivity contribution in [2.75, 3.05) is 12.9 Å². The fraction of sp³-hybridized carbons (Fsp3) is 0.657. The number of ether oxygens (including phenoxy) is 4. The van der Waals surface area contributed by atoms with Crippen LogP contribution in [-0.2, 0) is 38.1 Å². The average Bonchev–Trinajstić information content (AvgIpc) is 2.97. The molecule has 44 heavy (non-hydrogen) atoms. The molecule has 0 aliphatic heterocycles. The zero-order valence-corrected chi connectivity index (χ0v) is 28.2. The Bertz CT molecular complexity index is 980. The molecule has 0 aliphatic carbocycles. The summed E-state index contributed by atoms with van der Waals surface area (Å²) in [6.45, 7) is 7.31. The van der Waals surface area contributed by atoms with Gasteiger partial charge in [0, 0.05) is 30.6 Å². The van der Waals surface area contributed by atoms with Crippen molar-refractivity contribution in [2.45, 2.75) is 140 Å². The van der Waals surface area contributed by atoms with E-state index in [4.69, 9.17) is 18.9 Å². The lowest BCUT2D eigenvalue weighted by Crippen LogP contribution is -2.29. The maximum Gasteiger partial charge on any atom is 0.309 e. The molecule has 0 heterocycles. The van der Waals surface area contributed by atoms with Crippen LogP contribution in [0.25, 0.3) is 0 Å². The molecule has 0 bridgehead atoms. The minimum Gasteiger partial charge on any atom is -0.462 e. The van der Waals surface area contributed by atoms with Crippen LogP contribution in [0.5, 0.6) is 0 Å². The van der Waals surface area contributed by atoms with Gasteiger partial charge in [-0.3, -0.25) is 19.2 Å². The van der Waals surface area contributed by atoms with Crippen LogP contribution >= 0.6 is 11.8 Å². The molecule has 1 rings (SSSR count). The number of hydrogen-bond donors (Lipinski definition) is 0. The SMILES string of the molecule is CCCCCCC=CCC(CC(C)=O)OC(=O)CC(CCCC)OC(=O)CC(C)OC(=O)CC(CSc1ccccc1)OC. The molecule has 4 atom stereocenters. The average molecular weight is 635 g/mol. The van der Waals surface area contributed by atoms with Gasteiger partial charge in [-0.05, 0) is 45.2 Å². The number of rotatable bonds is 25. The number of unbranched alkanes of at least 4 members (excludes halogenated alkanes) is 5. The summed E-state index contributed by atoms with van der Waals surface area (Å²) in [5, 5.41) is 0. The first-order chi connectivity index (χ1) is 21.2. The highest BCUT2D eigenvalue weighted by Crippen LogP contribution is 2.21. The Balaban J connectivity index is 2.56. The molecule has 4 unspecified atom stereocenters. The number of methoxy groups -OCH3 is 1. The first-order valence-corrected chi connectivity index (χ1v) is 17.1. The molecule has 1 aromatic carbocycles. The molecule has 0 amide bonds. The number of carbonyl (C=O) groups excluding carboxylic acids is 4. The number of benzene rings is 1. The van der Waals surface area contributed by atoms with E-state index in [9.17, 15) is 19.2 Å². The van der Waals surface area contributed by atoms with Gasteiger partial charge < -0.3 is 18.9 Å². The third-order valence-corrected chi connectivity index (χ3v) is 8.01. The predicted molar refractivity (Wildman–Crippen MR) is 174 cm³/mol. The van der Waals surface area contributed by atoms with Gasteiger partial charge in [-0.1, -0.05) is 76.3 Å². The van der Waals surface area contributed by atoms with Gasteiger partial charge in [0.05, 0.1) is 25.4 Å². The highest BCUT2D eigenvalue weighted by molar-refractivity contribution is 7.99. The van der Waals surface area contributed by atoms with Gasteiger partial charge in [0.25, 0.3) is 0 Å². The molecule has 8 nitrogen and oxygen atoms in total. The van der Waals surface area contributed by atoms with E-state index in [1.165, 1.54) is 26.2 Å². The van der Waals surface area contributed by atoms with Crippen molar-refractivity contribution < 1.29 is 38.1 Å². The molecular weight excluding hydrogens is 580 g/mol. The fourth-order valence-electron chi connectivity index (χ4n) is 4.49. The topological polar surface area (TPSA) is 105 Å². The van der Waals surface area contributed by atoms with Crippen LogP contribution in [-0.4, -0.2) is 61.0 Å². The van der Waals surface area contributed by atoms with E-state index in [-0.39, 0.29) is 37.6 Å². The fourth-order valence-corrected chi connectivity index (χ4v) is 5.47. The zero-order valence-electron chi connectivity index (χ0n) is 27.4. The van der Waals surface area contributed by atoms with Gasteiger partial charge in [-0.25, -0.2) is 0 Å². The first-order valence-electron chi connectivity index (χ1n) is 16.1. The van der Waals surface area contributed by atoms with Crippen LogP contribution in [0.15, 0.2) is 47.4 Å². The smallest absolute Gasteiger partial charge is 0.309 e. The molecule has 0 fully saturated rings. The lowest BCUT2D eigenvalue weighted by atomic mass is 10.1. The van der Waals surface area contributed by atoms with E-state index >= 15 is 0 Å². The molecule has 0 N–H and O–H groups in total. The molecule has 248 valence electrons. The normalized spacial score (nSPS) is 14.0. The predicted octanol–water partition coefficient (Wildman–Crippen LogP) is 7.81. The maximum atomic E-state index is 12.8. The largest absolute Gasteiger partial charge is 0.462 e. The quantitative estimate of drug-likeness (QED) is 0.0350.